The number of para-hydroxylation sites is 4. The molecule has 0 atom stereocenters. The lowest BCUT2D eigenvalue weighted by Crippen LogP contribution is -2.36. The smallest absolute Gasteiger partial charge is 0.0649 e. The average molecular weight is 239 g/mol. The summed E-state index contributed by atoms with van der Waals surface area (Å²) in [5.41, 5.74) is 10.5. The van der Waals surface area contributed by atoms with E-state index in [1.165, 1.54) is 11.4 Å². The summed E-state index contributed by atoms with van der Waals surface area (Å²) in [4.78, 5) is 4.58. The molecular weight excluding hydrogens is 222 g/mol. The molecule has 1 heterocycles. The molecule has 0 saturated carbocycles. The van der Waals surface area contributed by atoms with E-state index in [2.05, 4.69) is 47.2 Å². The van der Waals surface area contributed by atoms with Gasteiger partial charge in [-0.25, -0.2) is 0 Å². The molecule has 0 fully saturated rings. The number of nitrogens with two attached hydrogens (primary N) is 1. The van der Waals surface area contributed by atoms with Crippen LogP contribution in [-0.4, -0.2) is 20.1 Å². The van der Waals surface area contributed by atoms with Crippen molar-refractivity contribution in [2.24, 2.45) is 0 Å². The van der Waals surface area contributed by atoms with Gasteiger partial charge in [0, 0.05) is 20.1 Å². The number of anilines is 4. The van der Waals surface area contributed by atoms with Crippen LogP contribution in [0.25, 0.3) is 0 Å². The summed E-state index contributed by atoms with van der Waals surface area (Å²) >= 11 is 0. The molecule has 0 bridgehead atoms. The third kappa shape index (κ3) is 1.68. The third-order valence-electron chi connectivity index (χ3n) is 3.47. The number of rotatable bonds is 1. The summed E-state index contributed by atoms with van der Waals surface area (Å²) in [6, 6.07) is 16.5. The second-order valence-corrected chi connectivity index (χ2v) is 4.62. The molecule has 0 spiro atoms. The Kier molecular flexibility index (Phi) is 2.59. The number of benzene rings is 2. The minimum atomic E-state index is 0.830. The predicted octanol–water partition coefficient (Wildman–Crippen LogP) is 2.86. The molecule has 3 heteroatoms. The fraction of sp³-hybridized carbons (Fsp3) is 0.200. The Balaban J connectivity index is 2.11. The number of fused-ring (bicyclic) bond motifs is 1. The Labute approximate surface area is 107 Å². The van der Waals surface area contributed by atoms with Crippen LogP contribution >= 0.6 is 0 Å². The van der Waals surface area contributed by atoms with Crippen molar-refractivity contribution in [2.75, 3.05) is 35.7 Å². The van der Waals surface area contributed by atoms with Crippen molar-refractivity contribution in [2.45, 2.75) is 0 Å². The highest BCUT2D eigenvalue weighted by Gasteiger charge is 2.21. The highest BCUT2D eigenvalue weighted by molar-refractivity contribution is 5.83. The molecule has 3 nitrogen and oxygen atoms in total. The summed E-state index contributed by atoms with van der Waals surface area (Å²) in [6.07, 6.45) is 0. The second kappa shape index (κ2) is 4.26. The normalized spacial score (nSPS) is 14.5. The van der Waals surface area contributed by atoms with Crippen LogP contribution in [0.2, 0.25) is 0 Å². The molecule has 0 aromatic heterocycles. The van der Waals surface area contributed by atoms with E-state index in [1.54, 1.807) is 0 Å². The van der Waals surface area contributed by atoms with E-state index in [9.17, 15) is 0 Å². The van der Waals surface area contributed by atoms with Crippen molar-refractivity contribution in [3.05, 3.63) is 48.5 Å². The van der Waals surface area contributed by atoms with Crippen LogP contribution in [0.15, 0.2) is 48.5 Å². The summed E-state index contributed by atoms with van der Waals surface area (Å²) in [7, 11) is 2.13. The number of hydrogen-bond acceptors (Lipinski definition) is 3. The van der Waals surface area contributed by atoms with Gasteiger partial charge in [-0.05, 0) is 24.3 Å². The molecule has 18 heavy (non-hydrogen) atoms. The van der Waals surface area contributed by atoms with Gasteiger partial charge in [0.05, 0.1) is 22.7 Å². The van der Waals surface area contributed by atoms with Crippen molar-refractivity contribution in [1.29, 1.82) is 0 Å². The lowest BCUT2D eigenvalue weighted by atomic mass is 10.1. The number of nitrogens with zero attached hydrogens (tertiary/aromatic N) is 2. The number of hydrogen-bond donors (Lipinski definition) is 1. The van der Waals surface area contributed by atoms with E-state index in [-0.39, 0.29) is 0 Å². The fourth-order valence-corrected chi connectivity index (χ4v) is 2.49. The zero-order chi connectivity index (χ0) is 12.5. The zero-order valence-electron chi connectivity index (χ0n) is 10.5. The van der Waals surface area contributed by atoms with Gasteiger partial charge < -0.3 is 15.5 Å². The molecule has 0 unspecified atom stereocenters. The Morgan fingerprint density at radius 3 is 2.17 bits per heavy atom. The van der Waals surface area contributed by atoms with Gasteiger partial charge in [-0.3, -0.25) is 0 Å². The van der Waals surface area contributed by atoms with E-state index in [0.29, 0.717) is 0 Å². The van der Waals surface area contributed by atoms with Gasteiger partial charge in [0.15, 0.2) is 0 Å². The van der Waals surface area contributed by atoms with Gasteiger partial charge in [-0.1, -0.05) is 24.3 Å². The topological polar surface area (TPSA) is 32.5 Å². The Hall–Kier alpha value is -2.16. The van der Waals surface area contributed by atoms with Gasteiger partial charge in [-0.15, -0.1) is 0 Å². The van der Waals surface area contributed by atoms with Crippen LogP contribution in [0.1, 0.15) is 0 Å². The fourth-order valence-electron chi connectivity index (χ4n) is 2.49. The first-order valence-corrected chi connectivity index (χ1v) is 6.19. The Bertz CT molecular complexity index is 565. The van der Waals surface area contributed by atoms with Gasteiger partial charge in [0.1, 0.15) is 0 Å². The Morgan fingerprint density at radius 2 is 1.44 bits per heavy atom. The van der Waals surface area contributed by atoms with Crippen LogP contribution in [0, 0.1) is 0 Å². The Morgan fingerprint density at radius 1 is 0.833 bits per heavy atom. The standard InChI is InChI=1S/C15H17N3/c1-17-10-11-18(13-7-3-2-6-12(13)16)15-9-5-4-8-14(15)17/h2-9H,10-11,16H2,1H3. The van der Waals surface area contributed by atoms with Gasteiger partial charge in [0.25, 0.3) is 0 Å². The van der Waals surface area contributed by atoms with Crippen molar-refractivity contribution in [3.8, 4) is 0 Å². The SMILES string of the molecule is CN1CCN(c2ccccc2N)c2ccccc21. The molecule has 1 aliphatic heterocycles. The molecule has 92 valence electrons. The van der Waals surface area contributed by atoms with Crippen molar-refractivity contribution in [1.82, 2.24) is 0 Å². The molecule has 3 rings (SSSR count). The first kappa shape index (κ1) is 11.0. The lowest BCUT2D eigenvalue weighted by Gasteiger charge is -2.37. The summed E-state index contributed by atoms with van der Waals surface area (Å²) < 4.78 is 0. The van der Waals surface area contributed by atoms with Gasteiger partial charge in [-0.2, -0.15) is 0 Å². The van der Waals surface area contributed by atoms with E-state index in [0.717, 1.165) is 24.5 Å². The molecule has 0 radical (unpaired) electrons. The van der Waals surface area contributed by atoms with Crippen LogP contribution < -0.4 is 15.5 Å². The first-order valence-electron chi connectivity index (χ1n) is 6.19. The third-order valence-corrected chi connectivity index (χ3v) is 3.47. The first-order chi connectivity index (χ1) is 8.77. The maximum atomic E-state index is 6.09. The molecule has 1 aliphatic rings. The maximum Gasteiger partial charge on any atom is 0.0649 e. The minimum Gasteiger partial charge on any atom is -0.397 e. The monoisotopic (exact) mass is 239 g/mol. The largest absolute Gasteiger partial charge is 0.397 e. The predicted molar refractivity (Wildman–Crippen MR) is 77.6 cm³/mol. The molecule has 0 amide bonds. The highest BCUT2D eigenvalue weighted by atomic mass is 15.3. The number of likely N-dealkylation sites (N-methyl/N-ethyl adjacent to an activating group) is 1. The number of nitrogen functional groups attached to an aromatic ring is 1. The minimum absolute atomic E-state index is 0.830. The molecule has 0 saturated heterocycles. The summed E-state index contributed by atoms with van der Waals surface area (Å²) in [5.74, 6) is 0. The van der Waals surface area contributed by atoms with Crippen LogP contribution in [-0.2, 0) is 0 Å². The van der Waals surface area contributed by atoms with E-state index in [1.807, 2.05) is 18.2 Å². The van der Waals surface area contributed by atoms with Crippen molar-refractivity contribution < 1.29 is 0 Å². The van der Waals surface area contributed by atoms with E-state index < -0.39 is 0 Å². The van der Waals surface area contributed by atoms with Crippen LogP contribution in [0.5, 0.6) is 0 Å². The van der Waals surface area contributed by atoms with Crippen molar-refractivity contribution >= 4 is 22.7 Å². The van der Waals surface area contributed by atoms with Crippen LogP contribution in [0.3, 0.4) is 0 Å². The van der Waals surface area contributed by atoms with Gasteiger partial charge in [0.2, 0.25) is 0 Å². The molecule has 2 N–H and O–H groups in total. The van der Waals surface area contributed by atoms with E-state index in [4.69, 9.17) is 5.73 Å². The molecule has 2 aromatic rings. The summed E-state index contributed by atoms with van der Waals surface area (Å²) in [5, 5.41) is 0. The average Bonchev–Trinajstić information content (AvgIpc) is 2.41. The second-order valence-electron chi connectivity index (χ2n) is 4.62. The quantitative estimate of drug-likeness (QED) is 0.777. The van der Waals surface area contributed by atoms with E-state index >= 15 is 0 Å². The molecular formula is C15H17N3. The highest BCUT2D eigenvalue weighted by Crippen LogP contribution is 2.38. The maximum absolute atomic E-state index is 6.09. The van der Waals surface area contributed by atoms with Crippen LogP contribution in [0.4, 0.5) is 22.7 Å². The van der Waals surface area contributed by atoms with Crippen molar-refractivity contribution in [3.63, 3.8) is 0 Å². The van der Waals surface area contributed by atoms with Gasteiger partial charge >= 0.3 is 0 Å². The molecule has 2 aromatic carbocycles. The molecule has 0 aliphatic carbocycles. The zero-order valence-corrected chi connectivity index (χ0v) is 10.5. The lowest BCUT2D eigenvalue weighted by molar-refractivity contribution is 0.823. The summed E-state index contributed by atoms with van der Waals surface area (Å²) in [6.45, 7) is 1.97.